The molecule has 0 radical (unpaired) electrons. The quantitative estimate of drug-likeness (QED) is 0.660. The van der Waals surface area contributed by atoms with E-state index in [1.165, 1.54) is 4.68 Å². The summed E-state index contributed by atoms with van der Waals surface area (Å²) >= 11 is 0. The molecule has 3 heterocycles. The highest BCUT2D eigenvalue weighted by Crippen LogP contribution is 2.31. The molecule has 1 aliphatic rings. The van der Waals surface area contributed by atoms with Gasteiger partial charge in [0.15, 0.2) is 6.23 Å². The van der Waals surface area contributed by atoms with Crippen LogP contribution in [-0.2, 0) is 4.74 Å². The number of nitrogens with zero attached hydrogens (tertiary/aromatic N) is 5. The molecule has 3 N–H and O–H groups in total. The van der Waals surface area contributed by atoms with E-state index in [4.69, 9.17) is 4.74 Å². The Labute approximate surface area is 133 Å². The van der Waals surface area contributed by atoms with Crippen LogP contribution in [0.25, 0.3) is 11.0 Å². The second-order valence-electron chi connectivity index (χ2n) is 5.43. The minimum Gasteiger partial charge on any atom is -0.394 e. The summed E-state index contributed by atoms with van der Waals surface area (Å²) in [5, 5.41) is 33.4. The zero-order chi connectivity index (χ0) is 16.6. The molecule has 0 aliphatic carbocycles. The number of fused-ring (bicyclic) bond motifs is 1. The molecule has 1 saturated heterocycles. The Kier molecular flexibility index (Phi) is 4.44. The number of hydrogen-bond acceptors (Lipinski definition) is 8. The van der Waals surface area contributed by atoms with E-state index in [-0.39, 0.29) is 6.61 Å². The number of ether oxygens (including phenoxy) is 1. The largest absolute Gasteiger partial charge is 0.394 e. The molecule has 0 saturated carbocycles. The molecule has 2 aromatic rings. The predicted octanol–water partition coefficient (Wildman–Crippen LogP) is -0.716. The van der Waals surface area contributed by atoms with E-state index in [9.17, 15) is 15.3 Å². The molecule has 1 aliphatic heterocycles. The first-order valence-electron chi connectivity index (χ1n) is 7.68. The number of rotatable bonds is 5. The lowest BCUT2D eigenvalue weighted by molar-refractivity contribution is -0.0564. The van der Waals surface area contributed by atoms with Crippen LogP contribution >= 0.6 is 0 Å². The van der Waals surface area contributed by atoms with Gasteiger partial charge in [-0.05, 0) is 13.8 Å². The van der Waals surface area contributed by atoms with Crippen LogP contribution in [0.3, 0.4) is 0 Å². The first kappa shape index (κ1) is 16.1. The molecule has 9 nitrogen and oxygen atoms in total. The maximum atomic E-state index is 10.1. The van der Waals surface area contributed by atoms with Crippen LogP contribution in [-0.4, -0.2) is 73.1 Å². The van der Waals surface area contributed by atoms with Gasteiger partial charge in [0.05, 0.1) is 19.0 Å². The Hall–Kier alpha value is -1.81. The molecule has 1 fully saturated rings. The van der Waals surface area contributed by atoms with Crippen LogP contribution in [0, 0.1) is 0 Å². The molecule has 0 aromatic carbocycles. The van der Waals surface area contributed by atoms with Gasteiger partial charge in [-0.2, -0.15) is 5.10 Å². The lowest BCUT2D eigenvalue weighted by atomic mass is 10.1. The number of hydrogen-bond donors (Lipinski definition) is 3. The van der Waals surface area contributed by atoms with Crippen molar-refractivity contribution in [2.45, 2.75) is 38.4 Å². The van der Waals surface area contributed by atoms with Crippen molar-refractivity contribution in [3.05, 3.63) is 12.4 Å². The third kappa shape index (κ3) is 2.65. The molecule has 0 bridgehead atoms. The van der Waals surface area contributed by atoms with Crippen molar-refractivity contribution in [3.8, 4) is 0 Å². The summed E-state index contributed by atoms with van der Waals surface area (Å²) in [4.78, 5) is 10.8. The summed E-state index contributed by atoms with van der Waals surface area (Å²) in [6, 6.07) is 0. The third-order valence-corrected chi connectivity index (χ3v) is 4.14. The Morgan fingerprint density at radius 2 is 1.96 bits per heavy atom. The first-order valence-corrected chi connectivity index (χ1v) is 7.68. The summed E-state index contributed by atoms with van der Waals surface area (Å²) in [7, 11) is 0. The summed E-state index contributed by atoms with van der Waals surface area (Å²) in [5.74, 6) is 0.614. The molecular weight excluding hydrogens is 302 g/mol. The summed E-state index contributed by atoms with van der Waals surface area (Å²) in [5.41, 5.74) is 1.22. The van der Waals surface area contributed by atoms with Gasteiger partial charge in [-0.25, -0.2) is 14.6 Å². The smallest absolute Gasteiger partial charge is 0.226 e. The molecule has 9 heteroatoms. The standard InChI is InChI=1S/C14H21N5O4/c1-3-18(4-2)14-15-6-9-8(17-14)5-16-19(9)13-12(22)11(21)10(7-20)23-13/h5-6,10-13,20-22H,3-4,7H2,1-2H3. The van der Waals surface area contributed by atoms with Crippen LogP contribution in [0.2, 0.25) is 0 Å². The van der Waals surface area contributed by atoms with Crippen molar-refractivity contribution in [1.82, 2.24) is 19.7 Å². The van der Waals surface area contributed by atoms with E-state index in [1.54, 1.807) is 12.4 Å². The van der Waals surface area contributed by atoms with Gasteiger partial charge < -0.3 is 25.0 Å². The minimum atomic E-state index is -1.18. The molecule has 23 heavy (non-hydrogen) atoms. The summed E-state index contributed by atoms with van der Waals surface area (Å²) < 4.78 is 6.93. The molecule has 0 spiro atoms. The van der Waals surface area contributed by atoms with Gasteiger partial charge in [0.2, 0.25) is 5.95 Å². The zero-order valence-corrected chi connectivity index (χ0v) is 13.1. The van der Waals surface area contributed by atoms with Crippen LogP contribution in [0.5, 0.6) is 0 Å². The highest BCUT2D eigenvalue weighted by Gasteiger charge is 2.44. The van der Waals surface area contributed by atoms with Crippen LogP contribution in [0.1, 0.15) is 20.1 Å². The van der Waals surface area contributed by atoms with Gasteiger partial charge in [0.25, 0.3) is 0 Å². The SMILES string of the molecule is CCN(CC)c1ncc2c(cnn2C2OC(CO)C(O)C2O)n1. The minimum absolute atomic E-state index is 0.378. The van der Waals surface area contributed by atoms with Crippen molar-refractivity contribution < 1.29 is 20.1 Å². The van der Waals surface area contributed by atoms with E-state index in [2.05, 4.69) is 15.1 Å². The molecule has 0 amide bonds. The maximum Gasteiger partial charge on any atom is 0.226 e. The monoisotopic (exact) mass is 323 g/mol. The molecule has 4 atom stereocenters. The van der Waals surface area contributed by atoms with Gasteiger partial charge in [0, 0.05) is 13.1 Å². The average molecular weight is 323 g/mol. The van der Waals surface area contributed by atoms with E-state index in [0.717, 1.165) is 13.1 Å². The van der Waals surface area contributed by atoms with Crippen molar-refractivity contribution in [3.63, 3.8) is 0 Å². The Balaban J connectivity index is 1.94. The lowest BCUT2D eigenvalue weighted by Gasteiger charge is -2.18. The second kappa shape index (κ2) is 6.36. The Morgan fingerprint density at radius 3 is 2.57 bits per heavy atom. The third-order valence-electron chi connectivity index (χ3n) is 4.14. The van der Waals surface area contributed by atoms with Crippen LogP contribution < -0.4 is 4.90 Å². The number of aliphatic hydroxyl groups excluding tert-OH is 3. The molecule has 2 aromatic heterocycles. The Morgan fingerprint density at radius 1 is 1.22 bits per heavy atom. The average Bonchev–Trinajstić information content (AvgIpc) is 3.10. The van der Waals surface area contributed by atoms with Crippen molar-refractivity contribution in [2.24, 2.45) is 0 Å². The number of aliphatic hydroxyl groups is 3. The van der Waals surface area contributed by atoms with Gasteiger partial charge >= 0.3 is 0 Å². The normalized spacial score (nSPS) is 27.7. The molecule has 126 valence electrons. The summed E-state index contributed by atoms with van der Waals surface area (Å²) in [6.07, 6.45) is -0.887. The number of anilines is 1. The van der Waals surface area contributed by atoms with Crippen molar-refractivity contribution in [1.29, 1.82) is 0 Å². The second-order valence-corrected chi connectivity index (χ2v) is 5.43. The van der Waals surface area contributed by atoms with Gasteiger partial charge in [-0.1, -0.05) is 0 Å². The molecule has 4 unspecified atom stereocenters. The predicted molar refractivity (Wildman–Crippen MR) is 81.9 cm³/mol. The highest BCUT2D eigenvalue weighted by atomic mass is 16.6. The maximum absolute atomic E-state index is 10.1. The van der Waals surface area contributed by atoms with Crippen LogP contribution in [0.4, 0.5) is 5.95 Å². The van der Waals surface area contributed by atoms with E-state index < -0.39 is 24.5 Å². The van der Waals surface area contributed by atoms with E-state index >= 15 is 0 Å². The van der Waals surface area contributed by atoms with Gasteiger partial charge in [0.1, 0.15) is 29.3 Å². The fourth-order valence-corrected chi connectivity index (χ4v) is 2.77. The zero-order valence-electron chi connectivity index (χ0n) is 13.1. The number of aromatic nitrogens is 4. The molecule has 3 rings (SSSR count). The fourth-order valence-electron chi connectivity index (χ4n) is 2.77. The van der Waals surface area contributed by atoms with Gasteiger partial charge in [-0.3, -0.25) is 0 Å². The highest BCUT2D eigenvalue weighted by molar-refractivity contribution is 5.74. The molecular formula is C14H21N5O4. The van der Waals surface area contributed by atoms with Gasteiger partial charge in [-0.15, -0.1) is 0 Å². The van der Waals surface area contributed by atoms with Crippen molar-refractivity contribution >= 4 is 17.0 Å². The van der Waals surface area contributed by atoms with Crippen LogP contribution in [0.15, 0.2) is 12.4 Å². The first-order chi connectivity index (χ1) is 11.1. The fraction of sp³-hybridized carbons (Fsp3) is 0.643. The topological polar surface area (TPSA) is 117 Å². The van der Waals surface area contributed by atoms with E-state index in [1.807, 2.05) is 18.7 Å². The Bertz CT molecular complexity index is 674. The lowest BCUT2D eigenvalue weighted by Crippen LogP contribution is -2.33. The summed E-state index contributed by atoms with van der Waals surface area (Å²) in [6.45, 7) is 5.27. The van der Waals surface area contributed by atoms with E-state index in [0.29, 0.717) is 17.0 Å². The van der Waals surface area contributed by atoms with Crippen molar-refractivity contribution in [2.75, 3.05) is 24.6 Å².